The molecular formula is C16H24O4. The zero-order valence-corrected chi connectivity index (χ0v) is 12.7. The molecule has 0 fully saturated rings. The number of carbonyl (C=O) groups excluding carboxylic acids is 2. The Morgan fingerprint density at radius 1 is 1.05 bits per heavy atom. The first kappa shape index (κ1) is 18.2. The Bertz CT molecular complexity index is 380. The molecule has 4 heteroatoms. The van der Waals surface area contributed by atoms with Gasteiger partial charge in [-0.2, -0.15) is 0 Å². The summed E-state index contributed by atoms with van der Waals surface area (Å²) in [6, 6.07) is 0. The number of hydrogen-bond acceptors (Lipinski definition) is 4. The summed E-state index contributed by atoms with van der Waals surface area (Å²) >= 11 is 0. The maximum absolute atomic E-state index is 11.9. The molecule has 0 rings (SSSR count). The van der Waals surface area contributed by atoms with Gasteiger partial charge in [0.15, 0.2) is 0 Å². The average molecular weight is 280 g/mol. The standard InChI is InChI=1S/C16H24O4/c1-5-7-9-11-14(16(18)20-4)13(10-8-6-2)12-15(17)19-3/h5-9,11,13-14H,10,12H2,1-4H3. The zero-order chi connectivity index (χ0) is 15.4. The van der Waals surface area contributed by atoms with Gasteiger partial charge in [-0.05, 0) is 26.2 Å². The Labute approximate surface area is 121 Å². The molecule has 2 unspecified atom stereocenters. The molecule has 0 aromatic carbocycles. The minimum absolute atomic E-state index is 0.174. The lowest BCUT2D eigenvalue weighted by molar-refractivity contribution is -0.147. The van der Waals surface area contributed by atoms with Crippen LogP contribution in [0, 0.1) is 11.8 Å². The summed E-state index contributed by atoms with van der Waals surface area (Å²) < 4.78 is 9.53. The molecule has 0 amide bonds. The fourth-order valence-corrected chi connectivity index (χ4v) is 1.82. The van der Waals surface area contributed by atoms with Gasteiger partial charge in [-0.1, -0.05) is 36.5 Å². The Kier molecular flexibility index (Phi) is 10.0. The van der Waals surface area contributed by atoms with Crippen molar-refractivity contribution < 1.29 is 19.1 Å². The summed E-state index contributed by atoms with van der Waals surface area (Å²) in [7, 11) is 2.70. The molecule has 0 aliphatic heterocycles. The highest BCUT2D eigenvalue weighted by Gasteiger charge is 2.28. The van der Waals surface area contributed by atoms with Gasteiger partial charge in [0.05, 0.1) is 20.1 Å². The highest BCUT2D eigenvalue weighted by molar-refractivity contribution is 5.76. The molecule has 2 atom stereocenters. The molecule has 0 aliphatic carbocycles. The van der Waals surface area contributed by atoms with Gasteiger partial charge in [0.25, 0.3) is 0 Å². The van der Waals surface area contributed by atoms with E-state index in [0.717, 1.165) is 0 Å². The molecule has 0 aromatic heterocycles. The van der Waals surface area contributed by atoms with Crippen LogP contribution in [0.25, 0.3) is 0 Å². The van der Waals surface area contributed by atoms with E-state index in [9.17, 15) is 9.59 Å². The van der Waals surface area contributed by atoms with E-state index in [1.165, 1.54) is 14.2 Å². The summed E-state index contributed by atoms with van der Waals surface area (Å²) in [6.45, 7) is 3.79. The molecule has 4 nitrogen and oxygen atoms in total. The van der Waals surface area contributed by atoms with E-state index in [2.05, 4.69) is 0 Å². The van der Waals surface area contributed by atoms with Crippen LogP contribution in [0.15, 0.2) is 36.5 Å². The number of ether oxygens (including phenoxy) is 2. The molecule has 0 aliphatic rings. The van der Waals surface area contributed by atoms with Gasteiger partial charge >= 0.3 is 11.9 Å². The predicted octanol–water partition coefficient (Wildman–Crippen LogP) is 3.05. The van der Waals surface area contributed by atoms with E-state index in [1.54, 1.807) is 12.2 Å². The topological polar surface area (TPSA) is 52.6 Å². The molecule has 20 heavy (non-hydrogen) atoms. The second-order valence-electron chi connectivity index (χ2n) is 4.30. The maximum atomic E-state index is 11.9. The van der Waals surface area contributed by atoms with E-state index >= 15 is 0 Å². The second-order valence-corrected chi connectivity index (χ2v) is 4.30. The molecule has 0 heterocycles. The van der Waals surface area contributed by atoms with Gasteiger partial charge in [0.1, 0.15) is 0 Å². The van der Waals surface area contributed by atoms with Crippen LogP contribution in [0.3, 0.4) is 0 Å². The first-order valence-corrected chi connectivity index (χ1v) is 6.65. The predicted molar refractivity (Wildman–Crippen MR) is 79.0 cm³/mol. The van der Waals surface area contributed by atoms with Crippen molar-refractivity contribution in [1.29, 1.82) is 0 Å². The van der Waals surface area contributed by atoms with Crippen molar-refractivity contribution in [3.63, 3.8) is 0 Å². The van der Waals surface area contributed by atoms with Gasteiger partial charge in [0, 0.05) is 6.42 Å². The lowest BCUT2D eigenvalue weighted by atomic mass is 9.86. The van der Waals surface area contributed by atoms with Crippen molar-refractivity contribution in [3.05, 3.63) is 36.5 Å². The molecule has 0 saturated carbocycles. The van der Waals surface area contributed by atoms with Gasteiger partial charge < -0.3 is 9.47 Å². The molecule has 112 valence electrons. The average Bonchev–Trinajstić information content (AvgIpc) is 2.47. The van der Waals surface area contributed by atoms with E-state index in [1.807, 2.05) is 38.2 Å². The Hall–Kier alpha value is -1.84. The lowest BCUT2D eigenvalue weighted by Crippen LogP contribution is -2.25. The molecule has 0 radical (unpaired) electrons. The first-order valence-electron chi connectivity index (χ1n) is 6.65. The van der Waals surface area contributed by atoms with E-state index in [-0.39, 0.29) is 24.3 Å². The molecule has 0 saturated heterocycles. The fourth-order valence-electron chi connectivity index (χ4n) is 1.82. The van der Waals surface area contributed by atoms with Crippen LogP contribution >= 0.6 is 0 Å². The highest BCUT2D eigenvalue weighted by atomic mass is 16.5. The summed E-state index contributed by atoms with van der Waals surface area (Å²) in [6.07, 6.45) is 11.9. The largest absolute Gasteiger partial charge is 0.469 e. The zero-order valence-electron chi connectivity index (χ0n) is 12.7. The molecule has 0 spiro atoms. The first-order chi connectivity index (χ1) is 9.60. The third kappa shape index (κ3) is 6.92. The molecular weight excluding hydrogens is 256 g/mol. The SMILES string of the molecule is CC=CC=CC(C(=O)OC)C(CC=CC)CC(=O)OC. The minimum atomic E-state index is -0.466. The van der Waals surface area contributed by atoms with Gasteiger partial charge in [-0.3, -0.25) is 9.59 Å². The van der Waals surface area contributed by atoms with Crippen LogP contribution < -0.4 is 0 Å². The van der Waals surface area contributed by atoms with Gasteiger partial charge in [-0.25, -0.2) is 0 Å². The fraction of sp³-hybridized carbons (Fsp3) is 0.500. The second kappa shape index (κ2) is 11.0. The number of rotatable bonds is 8. The van der Waals surface area contributed by atoms with Crippen LogP contribution in [0.5, 0.6) is 0 Å². The van der Waals surface area contributed by atoms with Crippen LogP contribution in [0.4, 0.5) is 0 Å². The van der Waals surface area contributed by atoms with E-state index in [0.29, 0.717) is 6.42 Å². The Balaban J connectivity index is 5.14. The van der Waals surface area contributed by atoms with Crippen molar-refractivity contribution in [2.45, 2.75) is 26.7 Å². The summed E-state index contributed by atoms with van der Waals surface area (Å²) in [5.74, 6) is -1.31. The van der Waals surface area contributed by atoms with Crippen LogP contribution in [0.2, 0.25) is 0 Å². The van der Waals surface area contributed by atoms with Crippen molar-refractivity contribution in [1.82, 2.24) is 0 Å². The Morgan fingerprint density at radius 2 is 1.75 bits per heavy atom. The minimum Gasteiger partial charge on any atom is -0.469 e. The van der Waals surface area contributed by atoms with E-state index < -0.39 is 5.92 Å². The smallest absolute Gasteiger partial charge is 0.312 e. The van der Waals surface area contributed by atoms with Crippen molar-refractivity contribution in [2.75, 3.05) is 14.2 Å². The van der Waals surface area contributed by atoms with Gasteiger partial charge in [0.2, 0.25) is 0 Å². The summed E-state index contributed by atoms with van der Waals surface area (Å²) in [4.78, 5) is 23.4. The monoisotopic (exact) mass is 280 g/mol. The number of allylic oxidation sites excluding steroid dienone is 5. The number of esters is 2. The van der Waals surface area contributed by atoms with Crippen molar-refractivity contribution >= 4 is 11.9 Å². The normalized spacial score (nSPS) is 14.8. The molecule has 0 bridgehead atoms. The third-order valence-corrected chi connectivity index (χ3v) is 2.93. The van der Waals surface area contributed by atoms with Crippen LogP contribution in [-0.4, -0.2) is 26.2 Å². The maximum Gasteiger partial charge on any atom is 0.312 e. The van der Waals surface area contributed by atoms with Crippen molar-refractivity contribution in [3.8, 4) is 0 Å². The third-order valence-electron chi connectivity index (χ3n) is 2.93. The number of methoxy groups -OCH3 is 2. The molecule has 0 N–H and O–H groups in total. The lowest BCUT2D eigenvalue weighted by Gasteiger charge is -2.20. The van der Waals surface area contributed by atoms with E-state index in [4.69, 9.17) is 9.47 Å². The Morgan fingerprint density at radius 3 is 2.25 bits per heavy atom. The van der Waals surface area contributed by atoms with Gasteiger partial charge in [-0.15, -0.1) is 0 Å². The van der Waals surface area contributed by atoms with Crippen LogP contribution in [0.1, 0.15) is 26.7 Å². The highest BCUT2D eigenvalue weighted by Crippen LogP contribution is 2.24. The molecule has 0 aromatic rings. The summed E-state index contributed by atoms with van der Waals surface area (Å²) in [5.41, 5.74) is 0. The quantitative estimate of drug-likeness (QED) is 0.389. The van der Waals surface area contributed by atoms with Crippen molar-refractivity contribution in [2.24, 2.45) is 11.8 Å². The summed E-state index contributed by atoms with van der Waals surface area (Å²) in [5, 5.41) is 0. The number of hydrogen-bond donors (Lipinski definition) is 0. The van der Waals surface area contributed by atoms with Crippen LogP contribution in [-0.2, 0) is 19.1 Å². The number of carbonyl (C=O) groups is 2.